The average molecular weight is 213 g/mol. The van der Waals surface area contributed by atoms with Crippen molar-refractivity contribution < 1.29 is 9.90 Å². The number of ketones is 1. The van der Waals surface area contributed by atoms with E-state index in [1.807, 2.05) is 0 Å². The van der Waals surface area contributed by atoms with E-state index in [1.165, 1.54) is 0 Å². The minimum absolute atomic E-state index is 0.263. The maximum atomic E-state index is 11.4. The first-order chi connectivity index (χ1) is 7.27. The zero-order valence-corrected chi connectivity index (χ0v) is 9.74. The molecule has 3 nitrogen and oxygen atoms in total. The van der Waals surface area contributed by atoms with Gasteiger partial charge in [0.25, 0.3) is 0 Å². The SMILES string of the molecule is CCN(CCCO)CCC1CCCC1=O. The summed E-state index contributed by atoms with van der Waals surface area (Å²) < 4.78 is 0. The second-order valence-electron chi connectivity index (χ2n) is 4.36. The highest BCUT2D eigenvalue weighted by Crippen LogP contribution is 2.24. The molecule has 0 aromatic heterocycles. The second kappa shape index (κ2) is 6.96. The molecule has 1 saturated carbocycles. The third kappa shape index (κ3) is 4.31. The van der Waals surface area contributed by atoms with E-state index in [1.54, 1.807) is 0 Å². The largest absolute Gasteiger partial charge is 0.396 e. The van der Waals surface area contributed by atoms with E-state index in [9.17, 15) is 4.79 Å². The fourth-order valence-electron chi connectivity index (χ4n) is 2.25. The summed E-state index contributed by atoms with van der Waals surface area (Å²) in [5, 5.41) is 8.75. The molecule has 1 rings (SSSR count). The van der Waals surface area contributed by atoms with Gasteiger partial charge in [-0.25, -0.2) is 0 Å². The Bertz CT molecular complexity index is 194. The molecule has 0 radical (unpaired) electrons. The Balaban J connectivity index is 2.18. The van der Waals surface area contributed by atoms with Gasteiger partial charge in [-0.2, -0.15) is 0 Å². The van der Waals surface area contributed by atoms with Crippen LogP contribution in [0.5, 0.6) is 0 Å². The molecule has 0 spiro atoms. The first-order valence-corrected chi connectivity index (χ1v) is 6.13. The van der Waals surface area contributed by atoms with Gasteiger partial charge in [-0.1, -0.05) is 6.92 Å². The van der Waals surface area contributed by atoms with Gasteiger partial charge in [0.2, 0.25) is 0 Å². The lowest BCUT2D eigenvalue weighted by Gasteiger charge is -2.21. The summed E-state index contributed by atoms with van der Waals surface area (Å²) in [6.45, 7) is 5.37. The third-order valence-electron chi connectivity index (χ3n) is 3.30. The number of carbonyl (C=O) groups is 1. The number of rotatable bonds is 7. The molecule has 1 aliphatic rings. The van der Waals surface area contributed by atoms with Crippen molar-refractivity contribution in [1.29, 1.82) is 0 Å². The Kier molecular flexibility index (Phi) is 5.88. The van der Waals surface area contributed by atoms with Gasteiger partial charge in [0.1, 0.15) is 5.78 Å². The summed E-state index contributed by atoms with van der Waals surface area (Å²) in [4.78, 5) is 13.8. The monoisotopic (exact) mass is 213 g/mol. The zero-order chi connectivity index (χ0) is 11.1. The van der Waals surface area contributed by atoms with Gasteiger partial charge in [-0.15, -0.1) is 0 Å². The van der Waals surface area contributed by atoms with Gasteiger partial charge >= 0.3 is 0 Å². The highest BCUT2D eigenvalue weighted by molar-refractivity contribution is 5.82. The summed E-state index contributed by atoms with van der Waals surface area (Å²) in [5.74, 6) is 0.793. The maximum absolute atomic E-state index is 11.4. The van der Waals surface area contributed by atoms with E-state index in [0.717, 1.165) is 51.7 Å². The number of nitrogens with zero attached hydrogens (tertiary/aromatic N) is 1. The summed E-state index contributed by atoms with van der Waals surface area (Å²) in [6, 6.07) is 0. The van der Waals surface area contributed by atoms with E-state index in [-0.39, 0.29) is 6.61 Å². The van der Waals surface area contributed by atoms with E-state index in [0.29, 0.717) is 11.7 Å². The molecule has 1 fully saturated rings. The fourth-order valence-corrected chi connectivity index (χ4v) is 2.25. The lowest BCUT2D eigenvalue weighted by atomic mass is 10.0. The van der Waals surface area contributed by atoms with Crippen molar-refractivity contribution in [3.05, 3.63) is 0 Å². The molecule has 1 aliphatic carbocycles. The molecule has 0 aliphatic heterocycles. The summed E-state index contributed by atoms with van der Waals surface area (Å²) in [5.41, 5.74) is 0. The van der Waals surface area contributed by atoms with Gasteiger partial charge in [-0.3, -0.25) is 4.79 Å². The van der Waals surface area contributed by atoms with Crippen LogP contribution in [0.15, 0.2) is 0 Å². The highest BCUT2D eigenvalue weighted by atomic mass is 16.3. The molecule has 1 unspecified atom stereocenters. The topological polar surface area (TPSA) is 40.5 Å². The van der Waals surface area contributed by atoms with Crippen LogP contribution in [-0.4, -0.2) is 42.0 Å². The number of Topliss-reactive ketones (excluding diaryl/α,β-unsaturated/α-hetero) is 1. The standard InChI is InChI=1S/C12H23NO2/c1-2-13(8-4-10-14)9-7-11-5-3-6-12(11)15/h11,14H,2-10H2,1H3. The molecule has 3 heteroatoms. The van der Waals surface area contributed by atoms with E-state index >= 15 is 0 Å². The van der Waals surface area contributed by atoms with Crippen molar-refractivity contribution in [1.82, 2.24) is 4.90 Å². The summed E-state index contributed by atoms with van der Waals surface area (Å²) in [6.07, 6.45) is 4.83. The normalized spacial score (nSPS) is 21.5. The van der Waals surface area contributed by atoms with Crippen molar-refractivity contribution in [2.75, 3.05) is 26.2 Å². The molecule has 88 valence electrons. The van der Waals surface area contributed by atoms with Gasteiger partial charge in [-0.05, 0) is 38.8 Å². The van der Waals surface area contributed by atoms with Gasteiger partial charge in [0.05, 0.1) is 0 Å². The van der Waals surface area contributed by atoms with E-state index in [2.05, 4.69) is 11.8 Å². The Morgan fingerprint density at radius 3 is 2.80 bits per heavy atom. The summed E-state index contributed by atoms with van der Waals surface area (Å²) in [7, 11) is 0. The quantitative estimate of drug-likeness (QED) is 0.696. The molecule has 0 aromatic carbocycles. The minimum Gasteiger partial charge on any atom is -0.396 e. The van der Waals surface area contributed by atoms with Crippen molar-refractivity contribution in [3.8, 4) is 0 Å². The van der Waals surface area contributed by atoms with Crippen LogP contribution in [0.4, 0.5) is 0 Å². The van der Waals surface area contributed by atoms with Crippen LogP contribution in [-0.2, 0) is 4.79 Å². The fraction of sp³-hybridized carbons (Fsp3) is 0.917. The number of carbonyl (C=O) groups excluding carboxylic acids is 1. The van der Waals surface area contributed by atoms with Crippen LogP contribution in [0.25, 0.3) is 0 Å². The number of hydrogen-bond donors (Lipinski definition) is 1. The molecule has 0 heterocycles. The maximum Gasteiger partial charge on any atom is 0.136 e. The average Bonchev–Trinajstić information content (AvgIpc) is 2.65. The van der Waals surface area contributed by atoms with Crippen LogP contribution in [0.3, 0.4) is 0 Å². The van der Waals surface area contributed by atoms with Gasteiger partial charge < -0.3 is 10.0 Å². The van der Waals surface area contributed by atoms with Crippen molar-refractivity contribution in [2.45, 2.75) is 39.0 Å². The Hall–Kier alpha value is -0.410. The van der Waals surface area contributed by atoms with Crippen LogP contribution in [0.2, 0.25) is 0 Å². The Morgan fingerprint density at radius 2 is 2.27 bits per heavy atom. The first-order valence-electron chi connectivity index (χ1n) is 6.13. The zero-order valence-electron chi connectivity index (χ0n) is 9.74. The number of aliphatic hydroxyl groups is 1. The molecule has 0 bridgehead atoms. The van der Waals surface area contributed by atoms with Crippen LogP contribution in [0.1, 0.15) is 39.0 Å². The Labute approximate surface area is 92.5 Å². The molecule has 0 saturated heterocycles. The van der Waals surface area contributed by atoms with Crippen molar-refractivity contribution in [3.63, 3.8) is 0 Å². The first kappa shape index (κ1) is 12.7. The lowest BCUT2D eigenvalue weighted by molar-refractivity contribution is -0.120. The minimum atomic E-state index is 0.263. The van der Waals surface area contributed by atoms with Gasteiger partial charge in [0.15, 0.2) is 0 Å². The predicted molar refractivity (Wildman–Crippen MR) is 60.8 cm³/mol. The molecular formula is C12H23NO2. The molecule has 15 heavy (non-hydrogen) atoms. The molecule has 1 atom stereocenters. The molecule has 0 aromatic rings. The molecular weight excluding hydrogens is 190 g/mol. The molecule has 1 N–H and O–H groups in total. The van der Waals surface area contributed by atoms with E-state index < -0.39 is 0 Å². The highest BCUT2D eigenvalue weighted by Gasteiger charge is 2.24. The van der Waals surface area contributed by atoms with Gasteiger partial charge in [0, 0.05) is 25.5 Å². The predicted octanol–water partition coefficient (Wildman–Crippen LogP) is 1.45. The number of aliphatic hydroxyl groups excluding tert-OH is 1. The lowest BCUT2D eigenvalue weighted by Crippen LogP contribution is -2.28. The van der Waals surface area contributed by atoms with Crippen LogP contribution in [0, 0.1) is 5.92 Å². The molecule has 0 amide bonds. The van der Waals surface area contributed by atoms with Crippen LogP contribution < -0.4 is 0 Å². The third-order valence-corrected chi connectivity index (χ3v) is 3.30. The Morgan fingerprint density at radius 1 is 1.47 bits per heavy atom. The summed E-state index contributed by atoms with van der Waals surface area (Å²) >= 11 is 0. The smallest absolute Gasteiger partial charge is 0.136 e. The van der Waals surface area contributed by atoms with Crippen molar-refractivity contribution >= 4 is 5.78 Å². The second-order valence-corrected chi connectivity index (χ2v) is 4.36. The van der Waals surface area contributed by atoms with E-state index in [4.69, 9.17) is 5.11 Å². The number of hydrogen-bond acceptors (Lipinski definition) is 3. The van der Waals surface area contributed by atoms with Crippen molar-refractivity contribution in [2.24, 2.45) is 5.92 Å². The van der Waals surface area contributed by atoms with Crippen LogP contribution >= 0.6 is 0 Å².